The zero-order valence-electron chi connectivity index (χ0n) is 11.3. The highest BCUT2D eigenvalue weighted by molar-refractivity contribution is 6.04. The van der Waals surface area contributed by atoms with Crippen molar-refractivity contribution in [2.75, 3.05) is 0 Å². The monoisotopic (exact) mass is 272 g/mol. The van der Waals surface area contributed by atoms with E-state index in [-0.39, 0.29) is 6.42 Å². The van der Waals surface area contributed by atoms with Crippen LogP contribution in [-0.2, 0) is 4.79 Å². The van der Waals surface area contributed by atoms with Crippen molar-refractivity contribution in [1.29, 1.82) is 0 Å². The normalized spacial score (nSPS) is 20.1. The van der Waals surface area contributed by atoms with Gasteiger partial charge in [0.15, 0.2) is 5.78 Å². The van der Waals surface area contributed by atoms with E-state index in [9.17, 15) is 18.0 Å². The lowest BCUT2D eigenvalue weighted by molar-refractivity contribution is -0.126. The van der Waals surface area contributed by atoms with E-state index in [1.807, 2.05) is 13.8 Å². The van der Waals surface area contributed by atoms with Crippen molar-refractivity contribution in [3.8, 4) is 0 Å². The van der Waals surface area contributed by atoms with Crippen LogP contribution in [0, 0.1) is 5.92 Å². The quantitative estimate of drug-likeness (QED) is 0.705. The zero-order valence-corrected chi connectivity index (χ0v) is 11.3. The molecular weight excluding hydrogens is 253 g/mol. The van der Waals surface area contributed by atoms with Crippen molar-refractivity contribution in [3.05, 3.63) is 35.5 Å². The van der Waals surface area contributed by atoms with Crippen LogP contribution in [0.1, 0.15) is 39.5 Å². The molecule has 0 bridgehead atoms. The standard InChI is InChI=1S/C15H19F3O/c1-4-6-7-12-13(15(16,17)18)9-8-11(14(12)19)10(3)5-2/h8-9,12H,3-7H2,1-2H3. The van der Waals surface area contributed by atoms with Crippen molar-refractivity contribution in [1.82, 2.24) is 0 Å². The fourth-order valence-electron chi connectivity index (χ4n) is 2.17. The number of alkyl halides is 3. The lowest BCUT2D eigenvalue weighted by Crippen LogP contribution is -2.30. The number of ketones is 1. The Morgan fingerprint density at radius 2 is 1.95 bits per heavy atom. The first kappa shape index (κ1) is 15.7. The molecule has 106 valence electrons. The van der Waals surface area contributed by atoms with Crippen LogP contribution in [0.25, 0.3) is 0 Å². The van der Waals surface area contributed by atoms with Crippen LogP contribution < -0.4 is 0 Å². The molecule has 0 saturated carbocycles. The van der Waals surface area contributed by atoms with Gasteiger partial charge in [-0.25, -0.2) is 0 Å². The van der Waals surface area contributed by atoms with Gasteiger partial charge in [0.1, 0.15) is 0 Å². The number of rotatable bonds is 5. The summed E-state index contributed by atoms with van der Waals surface area (Å²) in [5.74, 6) is -1.50. The number of Topliss-reactive ketones (excluding diaryl/α,β-unsaturated/α-hetero) is 1. The first-order valence-corrected chi connectivity index (χ1v) is 6.54. The Bertz CT molecular complexity index is 427. The van der Waals surface area contributed by atoms with Gasteiger partial charge in [-0.05, 0) is 18.4 Å². The van der Waals surface area contributed by atoms with E-state index in [0.717, 1.165) is 12.5 Å². The molecule has 1 atom stereocenters. The van der Waals surface area contributed by atoms with E-state index >= 15 is 0 Å². The molecule has 1 aliphatic rings. The van der Waals surface area contributed by atoms with Gasteiger partial charge in [-0.2, -0.15) is 13.2 Å². The molecule has 0 N–H and O–H groups in total. The number of halogens is 3. The van der Waals surface area contributed by atoms with Crippen molar-refractivity contribution >= 4 is 5.78 Å². The van der Waals surface area contributed by atoms with Gasteiger partial charge in [0.2, 0.25) is 0 Å². The van der Waals surface area contributed by atoms with Crippen molar-refractivity contribution < 1.29 is 18.0 Å². The van der Waals surface area contributed by atoms with E-state index in [4.69, 9.17) is 0 Å². The van der Waals surface area contributed by atoms with Crippen molar-refractivity contribution in [3.63, 3.8) is 0 Å². The predicted molar refractivity (Wildman–Crippen MR) is 69.7 cm³/mol. The first-order valence-electron chi connectivity index (χ1n) is 6.54. The SMILES string of the molecule is C=C(CC)C1=CC=C(C(F)(F)F)C(CCCC)C1=O. The Kier molecular flexibility index (Phi) is 5.15. The molecule has 0 saturated heterocycles. The lowest BCUT2D eigenvalue weighted by atomic mass is 9.80. The maximum Gasteiger partial charge on any atom is 0.413 e. The molecular formula is C15H19F3O. The molecule has 1 aliphatic carbocycles. The number of carbonyl (C=O) groups is 1. The highest BCUT2D eigenvalue weighted by Gasteiger charge is 2.43. The first-order chi connectivity index (χ1) is 8.82. The van der Waals surface area contributed by atoms with Crippen LogP contribution >= 0.6 is 0 Å². The smallest absolute Gasteiger partial charge is 0.293 e. The molecule has 0 fully saturated rings. The summed E-state index contributed by atoms with van der Waals surface area (Å²) in [6, 6.07) is 0. The topological polar surface area (TPSA) is 17.1 Å². The van der Waals surface area contributed by atoms with Gasteiger partial charge < -0.3 is 0 Å². The van der Waals surface area contributed by atoms with Crippen LogP contribution in [0.4, 0.5) is 13.2 Å². The maximum atomic E-state index is 12.9. The molecule has 0 aromatic carbocycles. The summed E-state index contributed by atoms with van der Waals surface area (Å²) in [6.45, 7) is 7.48. The van der Waals surface area contributed by atoms with Crippen LogP contribution in [0.3, 0.4) is 0 Å². The van der Waals surface area contributed by atoms with Crippen LogP contribution in [0.5, 0.6) is 0 Å². The summed E-state index contributed by atoms with van der Waals surface area (Å²) in [6.07, 6.45) is 0.0433. The van der Waals surface area contributed by atoms with E-state index in [1.54, 1.807) is 0 Å². The molecule has 1 rings (SSSR count). The Hall–Kier alpha value is -1.32. The largest absolute Gasteiger partial charge is 0.413 e. The molecule has 0 spiro atoms. The van der Waals surface area contributed by atoms with E-state index in [1.165, 1.54) is 6.08 Å². The highest BCUT2D eigenvalue weighted by Crippen LogP contribution is 2.39. The summed E-state index contributed by atoms with van der Waals surface area (Å²) in [5.41, 5.74) is 0.221. The molecule has 0 radical (unpaired) electrons. The second-order valence-corrected chi connectivity index (χ2v) is 4.72. The molecule has 0 aromatic rings. The Morgan fingerprint density at radius 1 is 1.32 bits per heavy atom. The van der Waals surface area contributed by atoms with Gasteiger partial charge in [-0.1, -0.05) is 45.4 Å². The summed E-state index contributed by atoms with van der Waals surface area (Å²) >= 11 is 0. The maximum absolute atomic E-state index is 12.9. The van der Waals surface area contributed by atoms with E-state index in [2.05, 4.69) is 6.58 Å². The molecule has 0 amide bonds. The average Bonchev–Trinajstić information content (AvgIpc) is 2.34. The molecule has 4 heteroatoms. The zero-order chi connectivity index (χ0) is 14.6. The number of hydrogen-bond acceptors (Lipinski definition) is 1. The van der Waals surface area contributed by atoms with Crippen molar-refractivity contribution in [2.45, 2.75) is 45.7 Å². The van der Waals surface area contributed by atoms with Crippen LogP contribution in [0.15, 0.2) is 35.5 Å². The Labute approximate surface area is 111 Å². The lowest BCUT2D eigenvalue weighted by Gasteiger charge is -2.26. The molecule has 1 nitrogen and oxygen atoms in total. The molecule has 1 unspecified atom stereocenters. The minimum atomic E-state index is -4.44. The number of unbranched alkanes of at least 4 members (excludes halogenated alkanes) is 1. The third-order valence-electron chi connectivity index (χ3n) is 3.37. The minimum Gasteiger partial charge on any atom is -0.293 e. The van der Waals surface area contributed by atoms with Crippen LogP contribution in [-0.4, -0.2) is 12.0 Å². The summed E-state index contributed by atoms with van der Waals surface area (Å²) < 4.78 is 38.8. The van der Waals surface area contributed by atoms with Gasteiger partial charge in [-0.15, -0.1) is 0 Å². The minimum absolute atomic E-state index is 0.245. The van der Waals surface area contributed by atoms with Gasteiger partial charge in [0, 0.05) is 11.1 Å². The van der Waals surface area contributed by atoms with Gasteiger partial charge >= 0.3 is 6.18 Å². The second kappa shape index (κ2) is 6.22. The number of hydrogen-bond donors (Lipinski definition) is 0. The highest BCUT2D eigenvalue weighted by atomic mass is 19.4. The van der Waals surface area contributed by atoms with Crippen molar-refractivity contribution in [2.24, 2.45) is 5.92 Å². The van der Waals surface area contributed by atoms with E-state index in [0.29, 0.717) is 24.0 Å². The second-order valence-electron chi connectivity index (χ2n) is 4.72. The average molecular weight is 272 g/mol. The van der Waals surface area contributed by atoms with Gasteiger partial charge in [0.05, 0.1) is 5.92 Å². The summed E-state index contributed by atoms with van der Waals surface area (Å²) in [4.78, 5) is 12.2. The molecule has 0 heterocycles. The number of allylic oxidation sites excluding steroid dienone is 5. The molecule has 0 aromatic heterocycles. The fraction of sp³-hybridized carbons (Fsp3) is 0.533. The molecule has 0 aliphatic heterocycles. The van der Waals surface area contributed by atoms with Gasteiger partial charge in [-0.3, -0.25) is 4.79 Å². The third-order valence-corrected chi connectivity index (χ3v) is 3.37. The Balaban J connectivity index is 3.12. The molecule has 19 heavy (non-hydrogen) atoms. The Morgan fingerprint density at radius 3 is 2.42 bits per heavy atom. The van der Waals surface area contributed by atoms with E-state index < -0.39 is 23.5 Å². The number of carbonyl (C=O) groups excluding carboxylic acids is 1. The summed E-state index contributed by atoms with van der Waals surface area (Å²) in [5, 5.41) is 0. The third kappa shape index (κ3) is 3.58. The van der Waals surface area contributed by atoms with Gasteiger partial charge in [0.25, 0.3) is 0 Å². The summed E-state index contributed by atoms with van der Waals surface area (Å²) in [7, 11) is 0. The predicted octanol–water partition coefficient (Wildman–Crippen LogP) is 4.76. The fourth-order valence-corrected chi connectivity index (χ4v) is 2.17. The van der Waals surface area contributed by atoms with Crippen LogP contribution in [0.2, 0.25) is 0 Å².